The minimum absolute atomic E-state index is 0.0549. The van der Waals surface area contributed by atoms with E-state index in [1.54, 1.807) is 31.4 Å². The molecular formula is C22H21N5O2. The number of methoxy groups -OCH3 is 1. The fourth-order valence-electron chi connectivity index (χ4n) is 3.44. The van der Waals surface area contributed by atoms with Crippen molar-refractivity contribution < 1.29 is 9.53 Å². The molecule has 1 aliphatic rings. The Kier molecular flexibility index (Phi) is 5.16. The molecule has 146 valence electrons. The van der Waals surface area contributed by atoms with Gasteiger partial charge < -0.3 is 15.0 Å². The molecular weight excluding hydrogens is 366 g/mol. The molecule has 7 nitrogen and oxygen atoms in total. The van der Waals surface area contributed by atoms with Crippen molar-refractivity contribution in [2.75, 3.05) is 25.1 Å². The first kappa shape index (κ1) is 18.6. The third-order valence-corrected chi connectivity index (χ3v) is 5.09. The monoisotopic (exact) mass is 387 g/mol. The van der Waals surface area contributed by atoms with Gasteiger partial charge in [-0.3, -0.25) is 9.89 Å². The van der Waals surface area contributed by atoms with Gasteiger partial charge in [-0.1, -0.05) is 0 Å². The molecule has 7 heteroatoms. The maximum absolute atomic E-state index is 12.4. The second kappa shape index (κ2) is 8.07. The fourth-order valence-corrected chi connectivity index (χ4v) is 3.44. The lowest BCUT2D eigenvalue weighted by Crippen LogP contribution is -2.37. The number of aromatic nitrogens is 2. The summed E-state index contributed by atoms with van der Waals surface area (Å²) in [5, 5.41) is 19.4. The molecule has 1 amide bonds. The number of hydrogen-bond donors (Lipinski definition) is 2. The van der Waals surface area contributed by atoms with Crippen LogP contribution >= 0.6 is 0 Å². The number of ether oxygens (including phenoxy) is 1. The lowest BCUT2D eigenvalue weighted by molar-refractivity contribution is 0.0940. The van der Waals surface area contributed by atoms with E-state index in [1.807, 2.05) is 30.3 Å². The molecule has 0 bridgehead atoms. The zero-order valence-corrected chi connectivity index (χ0v) is 16.1. The molecule has 2 N–H and O–H groups in total. The predicted molar refractivity (Wildman–Crippen MR) is 110 cm³/mol. The summed E-state index contributed by atoms with van der Waals surface area (Å²) in [4.78, 5) is 14.6. The molecule has 0 radical (unpaired) electrons. The van der Waals surface area contributed by atoms with E-state index in [-0.39, 0.29) is 11.9 Å². The van der Waals surface area contributed by atoms with Gasteiger partial charge in [0.2, 0.25) is 0 Å². The Hall–Kier alpha value is -3.79. The molecule has 1 atom stereocenters. The number of nitrogens with one attached hydrogen (secondary N) is 2. The zero-order chi connectivity index (χ0) is 20.2. The Bertz CT molecular complexity index is 1030. The first-order valence-electron chi connectivity index (χ1n) is 9.42. The number of benzene rings is 2. The minimum Gasteiger partial charge on any atom is -0.497 e. The molecule has 0 spiro atoms. The molecule has 2 heterocycles. The predicted octanol–water partition coefficient (Wildman–Crippen LogP) is 2.97. The Labute approximate surface area is 168 Å². The lowest BCUT2D eigenvalue weighted by atomic mass is 10.1. The number of aromatic amines is 1. The summed E-state index contributed by atoms with van der Waals surface area (Å²) in [7, 11) is 1.65. The van der Waals surface area contributed by atoms with Crippen LogP contribution < -0.4 is 15.0 Å². The second-order valence-corrected chi connectivity index (χ2v) is 6.96. The van der Waals surface area contributed by atoms with Crippen molar-refractivity contribution in [1.82, 2.24) is 15.5 Å². The van der Waals surface area contributed by atoms with Crippen LogP contribution in [0.25, 0.3) is 11.3 Å². The first-order valence-corrected chi connectivity index (χ1v) is 9.42. The molecule has 1 fully saturated rings. The van der Waals surface area contributed by atoms with Gasteiger partial charge in [0, 0.05) is 30.8 Å². The van der Waals surface area contributed by atoms with E-state index in [0.717, 1.165) is 35.8 Å². The smallest absolute Gasteiger partial charge is 0.251 e. The van der Waals surface area contributed by atoms with Gasteiger partial charge in [0.15, 0.2) is 5.82 Å². The minimum atomic E-state index is -0.123. The van der Waals surface area contributed by atoms with E-state index in [0.29, 0.717) is 17.7 Å². The summed E-state index contributed by atoms with van der Waals surface area (Å²) in [5.74, 6) is 1.56. The van der Waals surface area contributed by atoms with E-state index < -0.39 is 0 Å². The van der Waals surface area contributed by atoms with E-state index in [2.05, 4.69) is 26.5 Å². The largest absolute Gasteiger partial charge is 0.497 e. The molecule has 1 aliphatic heterocycles. The van der Waals surface area contributed by atoms with E-state index in [4.69, 9.17) is 10.00 Å². The molecule has 0 aliphatic carbocycles. The zero-order valence-electron chi connectivity index (χ0n) is 16.1. The summed E-state index contributed by atoms with van der Waals surface area (Å²) < 4.78 is 5.20. The SMILES string of the molecule is COc1ccc(-c2cc(N3CCC(NC(=O)c4ccc(C#N)cc4)C3)n[nH]2)cc1. The number of carbonyl (C=O) groups is 1. The van der Waals surface area contributed by atoms with Crippen molar-refractivity contribution in [2.45, 2.75) is 12.5 Å². The molecule has 1 unspecified atom stereocenters. The average molecular weight is 387 g/mol. The van der Waals surface area contributed by atoms with Crippen LogP contribution in [0.3, 0.4) is 0 Å². The van der Waals surface area contributed by atoms with Gasteiger partial charge in [0.25, 0.3) is 5.91 Å². The standard InChI is InChI=1S/C22H21N5O2/c1-29-19-8-6-16(7-9-19)20-12-21(26-25-20)27-11-10-18(14-27)24-22(28)17-4-2-15(13-23)3-5-17/h2-9,12,18H,10-11,14H2,1H3,(H,24,28)(H,25,26). The number of nitrogens with zero attached hydrogens (tertiary/aromatic N) is 3. The van der Waals surface area contributed by atoms with Crippen LogP contribution in [0.5, 0.6) is 5.75 Å². The van der Waals surface area contributed by atoms with Crippen LogP contribution in [-0.4, -0.2) is 42.3 Å². The molecule has 1 saturated heterocycles. The number of nitriles is 1. The van der Waals surface area contributed by atoms with Crippen LogP contribution in [0.2, 0.25) is 0 Å². The van der Waals surface area contributed by atoms with Crippen LogP contribution in [0.4, 0.5) is 5.82 Å². The van der Waals surface area contributed by atoms with E-state index in [1.165, 1.54) is 0 Å². The van der Waals surface area contributed by atoms with Gasteiger partial charge in [0.1, 0.15) is 5.75 Å². The maximum atomic E-state index is 12.4. The van der Waals surface area contributed by atoms with Gasteiger partial charge in [-0.25, -0.2) is 0 Å². The highest BCUT2D eigenvalue weighted by atomic mass is 16.5. The highest BCUT2D eigenvalue weighted by Gasteiger charge is 2.26. The summed E-state index contributed by atoms with van der Waals surface area (Å²) >= 11 is 0. The second-order valence-electron chi connectivity index (χ2n) is 6.96. The van der Waals surface area contributed by atoms with Gasteiger partial charge in [-0.05, 0) is 60.5 Å². The van der Waals surface area contributed by atoms with E-state index in [9.17, 15) is 4.79 Å². The van der Waals surface area contributed by atoms with Gasteiger partial charge in [-0.2, -0.15) is 10.4 Å². The van der Waals surface area contributed by atoms with Crippen LogP contribution in [0.15, 0.2) is 54.6 Å². The lowest BCUT2D eigenvalue weighted by Gasteiger charge is -2.16. The van der Waals surface area contributed by atoms with Crippen molar-refractivity contribution in [3.05, 3.63) is 65.7 Å². The number of carbonyl (C=O) groups excluding carboxylic acids is 1. The fraction of sp³-hybridized carbons (Fsp3) is 0.227. The summed E-state index contributed by atoms with van der Waals surface area (Å²) in [5.41, 5.74) is 3.07. The number of amides is 1. The van der Waals surface area contributed by atoms with Crippen LogP contribution in [0, 0.1) is 11.3 Å². The third kappa shape index (κ3) is 4.06. The maximum Gasteiger partial charge on any atom is 0.251 e. The normalized spacial score (nSPS) is 15.7. The third-order valence-electron chi connectivity index (χ3n) is 5.09. The summed E-state index contributed by atoms with van der Waals surface area (Å²) in [6.07, 6.45) is 0.854. The average Bonchev–Trinajstić information content (AvgIpc) is 3.43. The van der Waals surface area contributed by atoms with Crippen molar-refractivity contribution in [3.63, 3.8) is 0 Å². The molecule has 2 aromatic carbocycles. The molecule has 0 saturated carbocycles. The number of hydrogen-bond acceptors (Lipinski definition) is 5. The molecule has 4 rings (SSSR count). The molecule has 29 heavy (non-hydrogen) atoms. The van der Waals surface area contributed by atoms with Gasteiger partial charge >= 0.3 is 0 Å². The number of rotatable bonds is 5. The molecule has 1 aromatic heterocycles. The summed E-state index contributed by atoms with van der Waals surface area (Å²) in [6, 6.07) is 18.6. The van der Waals surface area contributed by atoms with E-state index >= 15 is 0 Å². The van der Waals surface area contributed by atoms with Crippen molar-refractivity contribution in [3.8, 4) is 23.1 Å². The highest BCUT2D eigenvalue weighted by molar-refractivity contribution is 5.94. The topological polar surface area (TPSA) is 94.0 Å². The summed E-state index contributed by atoms with van der Waals surface area (Å²) in [6.45, 7) is 1.53. The van der Waals surface area contributed by atoms with Crippen LogP contribution in [0.1, 0.15) is 22.3 Å². The highest BCUT2D eigenvalue weighted by Crippen LogP contribution is 2.26. The number of H-pyrrole nitrogens is 1. The Morgan fingerprint density at radius 1 is 1.24 bits per heavy atom. The van der Waals surface area contributed by atoms with Crippen LogP contribution in [-0.2, 0) is 0 Å². The van der Waals surface area contributed by atoms with Crippen molar-refractivity contribution in [1.29, 1.82) is 5.26 Å². The van der Waals surface area contributed by atoms with Gasteiger partial charge in [-0.15, -0.1) is 0 Å². The number of anilines is 1. The quantitative estimate of drug-likeness (QED) is 0.702. The Morgan fingerprint density at radius 3 is 2.69 bits per heavy atom. The van der Waals surface area contributed by atoms with Gasteiger partial charge in [0.05, 0.1) is 24.4 Å². The Balaban J connectivity index is 1.37. The molecule has 3 aromatic rings. The Morgan fingerprint density at radius 2 is 2.00 bits per heavy atom. The van der Waals surface area contributed by atoms with Crippen molar-refractivity contribution in [2.24, 2.45) is 0 Å². The first-order chi connectivity index (χ1) is 14.2. The van der Waals surface area contributed by atoms with Crippen molar-refractivity contribution >= 4 is 11.7 Å².